The highest BCUT2D eigenvalue weighted by molar-refractivity contribution is 6.04. The first-order valence-corrected chi connectivity index (χ1v) is 7.51. The molecule has 0 spiro atoms. The summed E-state index contributed by atoms with van der Waals surface area (Å²) in [7, 11) is 3.27. The summed E-state index contributed by atoms with van der Waals surface area (Å²) in [5.41, 5.74) is 2.33. The number of nitrogens with one attached hydrogen (secondary N) is 2. The van der Waals surface area contributed by atoms with Crippen LogP contribution in [0.1, 0.15) is 16.8 Å². The second kappa shape index (κ2) is 8.80. The van der Waals surface area contributed by atoms with Gasteiger partial charge in [-0.2, -0.15) is 0 Å². The van der Waals surface area contributed by atoms with Gasteiger partial charge in [0.2, 0.25) is 0 Å². The van der Waals surface area contributed by atoms with Crippen LogP contribution in [0.15, 0.2) is 48.5 Å². The van der Waals surface area contributed by atoms with Crippen molar-refractivity contribution in [1.82, 2.24) is 0 Å². The van der Waals surface area contributed by atoms with E-state index >= 15 is 0 Å². The fraction of sp³-hybridized carbons (Fsp3) is 0.278. The number of rotatable bonds is 8. The van der Waals surface area contributed by atoms with E-state index in [2.05, 4.69) is 10.6 Å². The fourth-order valence-electron chi connectivity index (χ4n) is 2.09. The Labute approximate surface area is 136 Å². The average molecular weight is 314 g/mol. The molecule has 2 rings (SSSR count). The second-order valence-corrected chi connectivity index (χ2v) is 5.04. The quantitative estimate of drug-likeness (QED) is 0.733. The molecule has 0 aliphatic rings. The number of ether oxygens (including phenoxy) is 2. The van der Waals surface area contributed by atoms with Crippen LogP contribution in [0, 0.1) is 0 Å². The maximum absolute atomic E-state index is 12.2. The van der Waals surface area contributed by atoms with Crippen molar-refractivity contribution < 1.29 is 14.3 Å². The van der Waals surface area contributed by atoms with Gasteiger partial charge in [0, 0.05) is 37.2 Å². The minimum absolute atomic E-state index is 0.162. The maximum Gasteiger partial charge on any atom is 0.255 e. The van der Waals surface area contributed by atoms with Crippen LogP contribution in [0.25, 0.3) is 0 Å². The van der Waals surface area contributed by atoms with Gasteiger partial charge in [-0.05, 0) is 48.9 Å². The lowest BCUT2D eigenvalue weighted by Gasteiger charge is -2.09. The van der Waals surface area contributed by atoms with Crippen molar-refractivity contribution in [2.24, 2.45) is 0 Å². The molecule has 0 unspecified atom stereocenters. The molecule has 0 aliphatic carbocycles. The highest BCUT2D eigenvalue weighted by Gasteiger charge is 2.07. The number of benzene rings is 2. The molecule has 2 N–H and O–H groups in total. The van der Waals surface area contributed by atoms with Gasteiger partial charge in [-0.15, -0.1) is 0 Å². The van der Waals surface area contributed by atoms with Gasteiger partial charge >= 0.3 is 0 Å². The molecule has 2 aromatic carbocycles. The Hall–Kier alpha value is -2.53. The van der Waals surface area contributed by atoms with E-state index in [9.17, 15) is 4.79 Å². The third-order valence-electron chi connectivity index (χ3n) is 3.33. The minimum atomic E-state index is -0.162. The normalized spacial score (nSPS) is 10.2. The van der Waals surface area contributed by atoms with Crippen molar-refractivity contribution in [3.63, 3.8) is 0 Å². The van der Waals surface area contributed by atoms with Gasteiger partial charge in [0.15, 0.2) is 0 Å². The lowest BCUT2D eigenvalue weighted by Crippen LogP contribution is -2.12. The maximum atomic E-state index is 12.2. The fourth-order valence-corrected chi connectivity index (χ4v) is 2.09. The van der Waals surface area contributed by atoms with E-state index in [1.54, 1.807) is 38.5 Å². The standard InChI is InChI=1S/C18H22N2O3/c1-22-12-4-11-19-15-7-9-16(10-8-15)20-18(21)14-5-3-6-17(13-14)23-2/h3,5-10,13,19H,4,11-12H2,1-2H3,(H,20,21). The monoisotopic (exact) mass is 314 g/mol. The van der Waals surface area contributed by atoms with E-state index in [1.165, 1.54) is 0 Å². The third-order valence-corrected chi connectivity index (χ3v) is 3.33. The molecule has 5 heteroatoms. The van der Waals surface area contributed by atoms with Gasteiger partial charge < -0.3 is 20.1 Å². The SMILES string of the molecule is COCCCNc1ccc(NC(=O)c2cccc(OC)c2)cc1. The first kappa shape index (κ1) is 16.8. The van der Waals surface area contributed by atoms with E-state index < -0.39 is 0 Å². The molecule has 1 amide bonds. The summed E-state index contributed by atoms with van der Waals surface area (Å²) < 4.78 is 10.1. The lowest BCUT2D eigenvalue weighted by atomic mass is 10.2. The predicted octanol–water partition coefficient (Wildman–Crippen LogP) is 3.40. The number of carbonyl (C=O) groups excluding carboxylic acids is 1. The highest BCUT2D eigenvalue weighted by Crippen LogP contribution is 2.17. The molecule has 5 nitrogen and oxygen atoms in total. The zero-order valence-corrected chi connectivity index (χ0v) is 13.5. The van der Waals surface area contributed by atoms with E-state index in [0.29, 0.717) is 11.3 Å². The Morgan fingerprint density at radius 2 is 1.78 bits per heavy atom. The summed E-state index contributed by atoms with van der Waals surface area (Å²) in [5.74, 6) is 0.498. The number of hydrogen-bond donors (Lipinski definition) is 2. The van der Waals surface area contributed by atoms with Crippen LogP contribution in [0.4, 0.5) is 11.4 Å². The van der Waals surface area contributed by atoms with Gasteiger partial charge in [0.25, 0.3) is 5.91 Å². The molecule has 2 aromatic rings. The largest absolute Gasteiger partial charge is 0.497 e. The van der Waals surface area contributed by atoms with Crippen molar-refractivity contribution >= 4 is 17.3 Å². The Morgan fingerprint density at radius 3 is 2.48 bits per heavy atom. The third kappa shape index (κ3) is 5.30. The molecular weight excluding hydrogens is 292 g/mol. The molecule has 0 saturated carbocycles. The van der Waals surface area contributed by atoms with E-state index in [4.69, 9.17) is 9.47 Å². The molecule has 0 fully saturated rings. The van der Waals surface area contributed by atoms with Crippen molar-refractivity contribution in [2.45, 2.75) is 6.42 Å². The Bertz CT molecular complexity index is 626. The van der Waals surface area contributed by atoms with Gasteiger partial charge in [-0.3, -0.25) is 4.79 Å². The summed E-state index contributed by atoms with van der Waals surface area (Å²) >= 11 is 0. The summed E-state index contributed by atoms with van der Waals surface area (Å²) in [6.07, 6.45) is 0.949. The van der Waals surface area contributed by atoms with E-state index in [1.807, 2.05) is 24.3 Å². The Balaban J connectivity index is 1.90. The first-order chi connectivity index (χ1) is 11.2. The van der Waals surface area contributed by atoms with Crippen LogP contribution in [-0.2, 0) is 4.74 Å². The molecule has 0 saturated heterocycles. The molecule has 0 heterocycles. The average Bonchev–Trinajstić information content (AvgIpc) is 2.60. The van der Waals surface area contributed by atoms with Gasteiger partial charge in [-0.25, -0.2) is 0 Å². The second-order valence-electron chi connectivity index (χ2n) is 5.04. The molecular formula is C18H22N2O3. The molecule has 122 valence electrons. The van der Waals surface area contributed by atoms with Crippen molar-refractivity contribution in [3.05, 3.63) is 54.1 Å². The summed E-state index contributed by atoms with van der Waals surface area (Å²) in [5, 5.41) is 6.17. The predicted molar refractivity (Wildman–Crippen MR) is 92.4 cm³/mol. The summed E-state index contributed by atoms with van der Waals surface area (Å²) in [6, 6.07) is 14.7. The van der Waals surface area contributed by atoms with Crippen LogP contribution < -0.4 is 15.4 Å². The zero-order valence-electron chi connectivity index (χ0n) is 13.5. The van der Waals surface area contributed by atoms with Gasteiger partial charge in [0.1, 0.15) is 5.75 Å². The summed E-state index contributed by atoms with van der Waals surface area (Å²) in [6.45, 7) is 1.59. The Kier molecular flexibility index (Phi) is 6.44. The Morgan fingerprint density at radius 1 is 1.04 bits per heavy atom. The smallest absolute Gasteiger partial charge is 0.255 e. The zero-order chi connectivity index (χ0) is 16.5. The van der Waals surface area contributed by atoms with Crippen LogP contribution in [0.5, 0.6) is 5.75 Å². The molecule has 0 atom stereocenters. The van der Waals surface area contributed by atoms with E-state index in [0.717, 1.165) is 30.9 Å². The minimum Gasteiger partial charge on any atom is -0.497 e. The first-order valence-electron chi connectivity index (χ1n) is 7.51. The number of anilines is 2. The lowest BCUT2D eigenvalue weighted by molar-refractivity contribution is 0.102. The summed E-state index contributed by atoms with van der Waals surface area (Å²) in [4.78, 5) is 12.2. The number of hydrogen-bond acceptors (Lipinski definition) is 4. The van der Waals surface area contributed by atoms with Crippen LogP contribution in [0.3, 0.4) is 0 Å². The van der Waals surface area contributed by atoms with Crippen LogP contribution >= 0.6 is 0 Å². The van der Waals surface area contributed by atoms with E-state index in [-0.39, 0.29) is 5.91 Å². The molecule has 23 heavy (non-hydrogen) atoms. The van der Waals surface area contributed by atoms with Gasteiger partial charge in [-0.1, -0.05) is 6.07 Å². The molecule has 0 radical (unpaired) electrons. The number of carbonyl (C=O) groups is 1. The number of amides is 1. The van der Waals surface area contributed by atoms with Crippen LogP contribution in [-0.4, -0.2) is 33.3 Å². The molecule has 0 aromatic heterocycles. The number of methoxy groups -OCH3 is 2. The highest BCUT2D eigenvalue weighted by atomic mass is 16.5. The molecule has 0 bridgehead atoms. The van der Waals surface area contributed by atoms with Crippen molar-refractivity contribution in [1.29, 1.82) is 0 Å². The van der Waals surface area contributed by atoms with Crippen LogP contribution in [0.2, 0.25) is 0 Å². The van der Waals surface area contributed by atoms with Crippen molar-refractivity contribution in [2.75, 3.05) is 38.0 Å². The van der Waals surface area contributed by atoms with Crippen molar-refractivity contribution in [3.8, 4) is 5.75 Å². The molecule has 0 aliphatic heterocycles. The van der Waals surface area contributed by atoms with Gasteiger partial charge in [0.05, 0.1) is 7.11 Å². The topological polar surface area (TPSA) is 59.6 Å².